The number of nitrogens with zero attached hydrogens (tertiary/aromatic N) is 3. The highest BCUT2D eigenvalue weighted by atomic mass is 32.2. The largest absolute Gasteiger partial charge is 0.461 e. The van der Waals surface area contributed by atoms with E-state index in [0.29, 0.717) is 28.6 Å². The molecule has 148 valence electrons. The van der Waals surface area contributed by atoms with Crippen molar-refractivity contribution in [2.24, 2.45) is 17.8 Å². The van der Waals surface area contributed by atoms with Gasteiger partial charge < -0.3 is 9.72 Å². The van der Waals surface area contributed by atoms with Crippen molar-refractivity contribution in [3.63, 3.8) is 0 Å². The van der Waals surface area contributed by atoms with Crippen LogP contribution in [-0.2, 0) is 9.53 Å². The van der Waals surface area contributed by atoms with Crippen LogP contribution in [0.2, 0.25) is 0 Å². The highest BCUT2D eigenvalue weighted by molar-refractivity contribution is 7.99. The summed E-state index contributed by atoms with van der Waals surface area (Å²) < 4.78 is 5.85. The van der Waals surface area contributed by atoms with E-state index in [-0.39, 0.29) is 17.8 Å². The lowest BCUT2D eigenvalue weighted by Crippen LogP contribution is -2.36. The molecule has 0 radical (unpaired) electrons. The van der Waals surface area contributed by atoms with E-state index in [1.54, 1.807) is 0 Å². The monoisotopic (exact) mass is 398 g/mol. The molecule has 0 unspecified atom stereocenters. The molecule has 1 aromatic carbocycles. The Morgan fingerprint density at radius 1 is 1.29 bits per heavy atom. The van der Waals surface area contributed by atoms with E-state index in [1.807, 2.05) is 24.3 Å². The number of hydrogen-bond donors (Lipinski definition) is 1. The molecular formula is C21H26N4O2S. The lowest BCUT2D eigenvalue weighted by molar-refractivity contribution is -0.152. The zero-order valence-corrected chi connectivity index (χ0v) is 17.3. The van der Waals surface area contributed by atoms with Crippen molar-refractivity contribution in [1.29, 1.82) is 0 Å². The number of aromatic amines is 1. The fraction of sp³-hybridized carbons (Fsp3) is 0.524. The number of aromatic nitrogens is 4. The fourth-order valence-corrected chi connectivity index (χ4v) is 4.71. The highest BCUT2D eigenvalue weighted by Crippen LogP contribution is 2.35. The number of thioether (sulfide) groups is 1. The van der Waals surface area contributed by atoms with Crippen molar-refractivity contribution in [3.8, 4) is 0 Å². The van der Waals surface area contributed by atoms with Crippen molar-refractivity contribution in [2.45, 2.75) is 51.3 Å². The second-order valence-corrected chi connectivity index (χ2v) is 9.05. The summed E-state index contributed by atoms with van der Waals surface area (Å²) in [6.45, 7) is 6.66. The number of H-pyrrole nitrogens is 1. The number of ether oxygens (including phenoxy) is 1. The first kappa shape index (κ1) is 19.2. The van der Waals surface area contributed by atoms with E-state index in [4.69, 9.17) is 4.74 Å². The third-order valence-corrected chi connectivity index (χ3v) is 6.48. The van der Waals surface area contributed by atoms with E-state index in [1.165, 1.54) is 18.2 Å². The van der Waals surface area contributed by atoms with Gasteiger partial charge in [-0.1, -0.05) is 57.2 Å². The average molecular weight is 399 g/mol. The summed E-state index contributed by atoms with van der Waals surface area (Å²) in [5.41, 5.74) is 2.42. The van der Waals surface area contributed by atoms with Gasteiger partial charge in [-0.05, 0) is 36.7 Å². The normalized spacial score (nSPS) is 22.8. The maximum absolute atomic E-state index is 12.4. The molecule has 4 rings (SSSR count). The summed E-state index contributed by atoms with van der Waals surface area (Å²) in [6.07, 6.45) is 3.33. The van der Waals surface area contributed by atoms with E-state index in [0.717, 1.165) is 29.3 Å². The molecule has 3 aromatic rings. The summed E-state index contributed by atoms with van der Waals surface area (Å²) in [6, 6.07) is 7.91. The molecule has 1 N–H and O–H groups in total. The Kier molecular flexibility index (Phi) is 5.53. The third kappa shape index (κ3) is 3.99. The standard InChI is InChI=1S/C21H26N4O2S/c1-12(2)14-9-8-13(3)10-17(14)27-18(26)11-28-21-23-20-19(24-25-21)15-6-4-5-7-16(15)22-20/h4-7,12-14,17H,8-11H2,1-3H3,(H,22,23,25)/t13-,14+,17-/m1/s1. The average Bonchev–Trinajstić information content (AvgIpc) is 3.04. The Morgan fingerprint density at radius 3 is 2.93 bits per heavy atom. The first-order valence-electron chi connectivity index (χ1n) is 9.94. The Bertz CT molecular complexity index is 987. The summed E-state index contributed by atoms with van der Waals surface area (Å²) in [5.74, 6) is 1.58. The number of fused-ring (bicyclic) bond motifs is 3. The predicted octanol–water partition coefficient (Wildman–Crippen LogP) is 4.60. The van der Waals surface area contributed by atoms with Gasteiger partial charge in [0.1, 0.15) is 11.6 Å². The van der Waals surface area contributed by atoms with Gasteiger partial charge in [-0.2, -0.15) is 0 Å². The van der Waals surface area contributed by atoms with Gasteiger partial charge in [0.2, 0.25) is 5.16 Å². The summed E-state index contributed by atoms with van der Waals surface area (Å²) in [5, 5.41) is 9.95. The second kappa shape index (κ2) is 8.07. The van der Waals surface area contributed by atoms with Gasteiger partial charge in [-0.3, -0.25) is 4.79 Å². The SMILES string of the molecule is CC(C)[C@@H]1CC[C@@H](C)C[C@H]1OC(=O)CSc1nnc2c(n1)[nH]c1ccccc12. The molecule has 1 fully saturated rings. The van der Waals surface area contributed by atoms with Gasteiger partial charge in [0.05, 0.1) is 5.75 Å². The molecule has 7 heteroatoms. The van der Waals surface area contributed by atoms with Crippen molar-refractivity contribution >= 4 is 39.8 Å². The number of rotatable bonds is 5. The van der Waals surface area contributed by atoms with Gasteiger partial charge in [0.15, 0.2) is 5.65 Å². The van der Waals surface area contributed by atoms with Crippen molar-refractivity contribution in [1.82, 2.24) is 20.2 Å². The molecule has 2 aromatic heterocycles. The van der Waals surface area contributed by atoms with Crippen LogP contribution in [0.3, 0.4) is 0 Å². The lowest BCUT2D eigenvalue weighted by Gasteiger charge is -2.36. The Morgan fingerprint density at radius 2 is 2.11 bits per heavy atom. The van der Waals surface area contributed by atoms with E-state index in [9.17, 15) is 4.79 Å². The maximum Gasteiger partial charge on any atom is 0.316 e. The molecule has 0 spiro atoms. The van der Waals surface area contributed by atoms with Gasteiger partial charge in [0.25, 0.3) is 0 Å². The van der Waals surface area contributed by atoms with E-state index >= 15 is 0 Å². The molecule has 1 aliphatic carbocycles. The van der Waals surface area contributed by atoms with Gasteiger partial charge in [-0.15, -0.1) is 10.2 Å². The number of carbonyl (C=O) groups is 1. The van der Waals surface area contributed by atoms with Gasteiger partial charge in [-0.25, -0.2) is 4.98 Å². The van der Waals surface area contributed by atoms with Crippen LogP contribution in [0.4, 0.5) is 0 Å². The minimum Gasteiger partial charge on any atom is -0.461 e. The van der Waals surface area contributed by atoms with Crippen LogP contribution in [-0.4, -0.2) is 38.0 Å². The maximum atomic E-state index is 12.4. The summed E-state index contributed by atoms with van der Waals surface area (Å²) >= 11 is 1.27. The molecule has 3 atom stereocenters. The number of nitrogens with one attached hydrogen (secondary N) is 1. The second-order valence-electron chi connectivity index (χ2n) is 8.11. The summed E-state index contributed by atoms with van der Waals surface area (Å²) in [4.78, 5) is 20.2. The Labute approximate surface area is 168 Å². The van der Waals surface area contributed by atoms with Crippen LogP contribution in [0.15, 0.2) is 29.4 Å². The van der Waals surface area contributed by atoms with Crippen LogP contribution < -0.4 is 0 Å². The van der Waals surface area contributed by atoms with Crippen LogP contribution in [0, 0.1) is 17.8 Å². The summed E-state index contributed by atoms with van der Waals surface area (Å²) in [7, 11) is 0. The van der Waals surface area contributed by atoms with E-state index < -0.39 is 0 Å². The highest BCUT2D eigenvalue weighted by Gasteiger charge is 2.33. The van der Waals surface area contributed by atoms with Crippen LogP contribution >= 0.6 is 11.8 Å². The first-order valence-corrected chi connectivity index (χ1v) is 10.9. The Hall–Kier alpha value is -2.15. The molecule has 1 aliphatic rings. The first-order chi connectivity index (χ1) is 13.5. The van der Waals surface area contributed by atoms with Crippen molar-refractivity contribution in [3.05, 3.63) is 24.3 Å². The zero-order chi connectivity index (χ0) is 19.7. The number of carbonyl (C=O) groups excluding carboxylic acids is 1. The van der Waals surface area contributed by atoms with Crippen molar-refractivity contribution in [2.75, 3.05) is 5.75 Å². The minimum absolute atomic E-state index is 0.0204. The fourth-order valence-electron chi connectivity index (χ4n) is 4.14. The number of para-hydroxylation sites is 1. The zero-order valence-electron chi connectivity index (χ0n) is 16.5. The predicted molar refractivity (Wildman–Crippen MR) is 111 cm³/mol. The topological polar surface area (TPSA) is 80.8 Å². The molecule has 2 heterocycles. The number of hydrogen-bond acceptors (Lipinski definition) is 6. The molecule has 28 heavy (non-hydrogen) atoms. The molecular weight excluding hydrogens is 372 g/mol. The van der Waals surface area contributed by atoms with Crippen molar-refractivity contribution < 1.29 is 9.53 Å². The molecule has 1 saturated carbocycles. The third-order valence-electron chi connectivity index (χ3n) is 5.67. The smallest absolute Gasteiger partial charge is 0.316 e. The Balaban J connectivity index is 1.40. The molecule has 0 bridgehead atoms. The number of esters is 1. The minimum atomic E-state index is -0.199. The van der Waals surface area contributed by atoms with Crippen LogP contribution in [0.1, 0.15) is 40.0 Å². The van der Waals surface area contributed by atoms with Crippen LogP contribution in [0.5, 0.6) is 0 Å². The molecule has 0 aliphatic heterocycles. The molecule has 0 amide bonds. The van der Waals surface area contributed by atoms with Gasteiger partial charge in [0, 0.05) is 10.9 Å². The van der Waals surface area contributed by atoms with Gasteiger partial charge >= 0.3 is 5.97 Å². The molecule has 0 saturated heterocycles. The quantitative estimate of drug-likeness (QED) is 0.500. The van der Waals surface area contributed by atoms with Crippen LogP contribution in [0.25, 0.3) is 22.1 Å². The molecule has 6 nitrogen and oxygen atoms in total. The number of benzene rings is 1. The van der Waals surface area contributed by atoms with E-state index in [2.05, 4.69) is 40.9 Å². The lowest BCUT2D eigenvalue weighted by atomic mass is 9.75.